The normalized spacial score (nSPS) is 22.6. The molecule has 0 atom stereocenters. The van der Waals surface area contributed by atoms with Gasteiger partial charge in [-0.05, 0) is 93.2 Å². The van der Waals surface area contributed by atoms with Crippen LogP contribution < -0.4 is 21.3 Å². The Morgan fingerprint density at radius 3 is 2.13 bits per heavy atom. The van der Waals surface area contributed by atoms with Gasteiger partial charge in [0.15, 0.2) is 17.3 Å². The fraction of sp³-hybridized carbons (Fsp3) is 0.556. The van der Waals surface area contributed by atoms with Crippen LogP contribution in [0.3, 0.4) is 0 Å². The molecule has 11 nitrogen and oxygen atoms in total. The summed E-state index contributed by atoms with van der Waals surface area (Å²) in [7, 11) is 0. The van der Waals surface area contributed by atoms with Crippen molar-refractivity contribution in [2.75, 3.05) is 68.0 Å². The second kappa shape index (κ2) is 13.0. The van der Waals surface area contributed by atoms with Gasteiger partial charge in [0.25, 0.3) is 5.91 Å². The largest absolute Gasteiger partial charge is 0.381 e. The minimum absolute atomic E-state index is 0.0924. The highest BCUT2D eigenvalue weighted by Gasteiger charge is 2.45. The van der Waals surface area contributed by atoms with Crippen LogP contribution in [0.5, 0.6) is 0 Å². The molecule has 8 rings (SSSR count). The summed E-state index contributed by atoms with van der Waals surface area (Å²) in [6.07, 6.45) is 11.3. The topological polar surface area (TPSA) is 125 Å². The molecule has 47 heavy (non-hydrogen) atoms. The first-order chi connectivity index (χ1) is 23.0. The molecular weight excluding hydrogens is 590 g/mol. The van der Waals surface area contributed by atoms with E-state index in [2.05, 4.69) is 42.5 Å². The zero-order chi connectivity index (χ0) is 31.8. The molecule has 3 aliphatic heterocycles. The van der Waals surface area contributed by atoms with Crippen LogP contribution in [0.1, 0.15) is 61.9 Å². The maximum Gasteiger partial charge on any atom is 0.271 e. The molecule has 5 heterocycles. The van der Waals surface area contributed by atoms with Crippen LogP contribution in [-0.4, -0.2) is 101 Å². The maximum absolute atomic E-state index is 12.7. The molecule has 248 valence electrons. The highest BCUT2D eigenvalue weighted by atomic mass is 16.5. The first-order valence-electron chi connectivity index (χ1n) is 17.6. The lowest BCUT2D eigenvalue weighted by Gasteiger charge is -2.50. The Hall–Kier alpha value is -3.80. The number of piperazine rings is 1. The lowest BCUT2D eigenvalue weighted by Crippen LogP contribution is -2.53. The molecule has 2 aromatic heterocycles. The number of anilines is 4. The second-order valence-electron chi connectivity index (χ2n) is 14.3. The van der Waals surface area contributed by atoms with Crippen molar-refractivity contribution >= 4 is 28.9 Å². The number of hydrogen-bond acceptors (Lipinski definition) is 10. The van der Waals surface area contributed by atoms with E-state index in [-0.39, 0.29) is 11.7 Å². The molecule has 11 heteroatoms. The Balaban J connectivity index is 0.949. The van der Waals surface area contributed by atoms with E-state index < -0.39 is 5.91 Å². The molecule has 1 aromatic carbocycles. The number of amides is 1. The van der Waals surface area contributed by atoms with Crippen molar-refractivity contribution in [3.63, 3.8) is 0 Å². The van der Waals surface area contributed by atoms with Crippen molar-refractivity contribution in [1.29, 1.82) is 0 Å². The Morgan fingerprint density at radius 2 is 1.51 bits per heavy atom. The van der Waals surface area contributed by atoms with Crippen LogP contribution in [0.15, 0.2) is 48.7 Å². The van der Waals surface area contributed by atoms with Crippen molar-refractivity contribution in [3.8, 4) is 11.4 Å². The number of nitrogens with one attached hydrogen (secondary N) is 2. The van der Waals surface area contributed by atoms with Gasteiger partial charge in [0.1, 0.15) is 5.69 Å². The van der Waals surface area contributed by atoms with Gasteiger partial charge in [-0.25, -0.2) is 9.97 Å². The number of nitrogens with two attached hydrogens (primary N) is 1. The molecule has 2 aliphatic carbocycles. The van der Waals surface area contributed by atoms with E-state index in [9.17, 15) is 4.79 Å². The van der Waals surface area contributed by atoms with Crippen LogP contribution in [0, 0.1) is 5.41 Å². The third kappa shape index (κ3) is 6.66. The van der Waals surface area contributed by atoms with Gasteiger partial charge < -0.3 is 26.0 Å². The molecule has 3 aromatic rings. The number of piperidine rings is 1. The van der Waals surface area contributed by atoms with Gasteiger partial charge >= 0.3 is 0 Å². The maximum atomic E-state index is 12.7. The summed E-state index contributed by atoms with van der Waals surface area (Å²) >= 11 is 0. The zero-order valence-corrected chi connectivity index (χ0v) is 27.2. The molecule has 0 unspecified atom stereocenters. The van der Waals surface area contributed by atoms with Gasteiger partial charge in [0.2, 0.25) is 0 Å². The Bertz CT molecular complexity index is 1530. The van der Waals surface area contributed by atoms with E-state index in [0.29, 0.717) is 34.5 Å². The van der Waals surface area contributed by atoms with E-state index in [4.69, 9.17) is 20.4 Å². The minimum Gasteiger partial charge on any atom is -0.381 e. The van der Waals surface area contributed by atoms with Crippen molar-refractivity contribution in [3.05, 3.63) is 54.4 Å². The molecular formula is C36H47N9O2. The molecule has 5 aliphatic rings. The zero-order valence-electron chi connectivity index (χ0n) is 27.2. The highest BCUT2D eigenvalue weighted by molar-refractivity contribution is 5.97. The summed E-state index contributed by atoms with van der Waals surface area (Å²) in [6.45, 7) is 8.71. The number of hydrogen-bond donors (Lipinski definition) is 3. The Kier molecular flexibility index (Phi) is 8.45. The van der Waals surface area contributed by atoms with Crippen LogP contribution >= 0.6 is 0 Å². The number of carbonyl (C=O) groups excluding carboxylic acids is 1. The van der Waals surface area contributed by atoms with Crippen LogP contribution in [-0.2, 0) is 4.74 Å². The second-order valence-corrected chi connectivity index (χ2v) is 14.3. The third-order valence-corrected chi connectivity index (χ3v) is 11.2. The molecule has 1 spiro atoms. The predicted octanol–water partition coefficient (Wildman–Crippen LogP) is 4.50. The molecule has 2 saturated carbocycles. The summed E-state index contributed by atoms with van der Waals surface area (Å²) in [5.74, 6) is 0.314. The number of benzene rings is 1. The number of nitrogens with zero attached hydrogens (tertiary/aromatic N) is 6. The van der Waals surface area contributed by atoms with Crippen molar-refractivity contribution in [1.82, 2.24) is 24.8 Å². The van der Waals surface area contributed by atoms with E-state index >= 15 is 0 Å². The number of rotatable bonds is 9. The number of carbonyl (C=O) groups is 1. The van der Waals surface area contributed by atoms with Crippen molar-refractivity contribution in [2.24, 2.45) is 11.1 Å². The van der Waals surface area contributed by atoms with E-state index in [1.807, 2.05) is 30.3 Å². The van der Waals surface area contributed by atoms with Crippen LogP contribution in [0.2, 0.25) is 0 Å². The summed E-state index contributed by atoms with van der Waals surface area (Å²) in [6, 6.07) is 15.9. The lowest BCUT2D eigenvalue weighted by molar-refractivity contribution is -0.0342. The average molecular weight is 638 g/mol. The number of pyridine rings is 1. The first kappa shape index (κ1) is 30.5. The average Bonchev–Trinajstić information content (AvgIpc) is 3.95. The van der Waals surface area contributed by atoms with E-state index in [1.165, 1.54) is 57.5 Å². The highest BCUT2D eigenvalue weighted by Crippen LogP contribution is 2.50. The molecule has 0 bridgehead atoms. The fourth-order valence-electron chi connectivity index (χ4n) is 8.26. The van der Waals surface area contributed by atoms with Gasteiger partial charge in [-0.2, -0.15) is 0 Å². The third-order valence-electron chi connectivity index (χ3n) is 11.2. The first-order valence-corrected chi connectivity index (χ1v) is 17.6. The van der Waals surface area contributed by atoms with E-state index in [1.54, 1.807) is 6.20 Å². The number of aromatic nitrogens is 3. The Morgan fingerprint density at radius 1 is 0.830 bits per heavy atom. The molecule has 3 saturated heterocycles. The quantitative estimate of drug-likeness (QED) is 0.309. The lowest BCUT2D eigenvalue weighted by atomic mass is 9.61. The summed E-state index contributed by atoms with van der Waals surface area (Å²) in [5, 5.41) is 6.99. The van der Waals surface area contributed by atoms with E-state index in [0.717, 1.165) is 63.7 Å². The summed E-state index contributed by atoms with van der Waals surface area (Å²) in [5.41, 5.74) is 9.52. The van der Waals surface area contributed by atoms with Crippen molar-refractivity contribution < 1.29 is 9.53 Å². The van der Waals surface area contributed by atoms with Crippen molar-refractivity contribution in [2.45, 2.75) is 69.5 Å². The summed E-state index contributed by atoms with van der Waals surface area (Å²) in [4.78, 5) is 34.8. The minimum atomic E-state index is -0.637. The van der Waals surface area contributed by atoms with Crippen LogP contribution in [0.25, 0.3) is 11.4 Å². The standard InChI is InChI=1S/C36H47N9O2/c37-33(46)32-35(42-34(31(41-32)30-3-1-2-14-38-30)40-26-23-36(24-26)12-21-47-22-13-36)39-25-4-6-27(7-5-25)43-15-10-29(11-16-43)45-19-17-44(18-20-45)28-8-9-28/h1-7,14,26,28-29H,8-13,15-24H2,(H2,37,46)(H2,39,40,42). The molecule has 5 fully saturated rings. The van der Waals surface area contributed by atoms with Gasteiger partial charge in [-0.1, -0.05) is 6.07 Å². The van der Waals surface area contributed by atoms with Gasteiger partial charge in [-0.15, -0.1) is 0 Å². The number of primary amides is 1. The predicted molar refractivity (Wildman–Crippen MR) is 184 cm³/mol. The van der Waals surface area contributed by atoms with Gasteiger partial charge in [0, 0.05) is 88.2 Å². The fourth-order valence-corrected chi connectivity index (χ4v) is 8.26. The monoisotopic (exact) mass is 637 g/mol. The Labute approximate surface area is 277 Å². The summed E-state index contributed by atoms with van der Waals surface area (Å²) < 4.78 is 5.61. The SMILES string of the molecule is NC(=O)c1nc(-c2ccccn2)c(NC2CC3(CCOCC3)C2)nc1Nc1ccc(N2CCC(N3CCN(C4CC4)CC3)CC2)cc1. The molecule has 4 N–H and O–H groups in total. The molecule has 1 amide bonds. The number of ether oxygens (including phenoxy) is 1. The van der Waals surface area contributed by atoms with Gasteiger partial charge in [-0.3, -0.25) is 19.6 Å². The smallest absolute Gasteiger partial charge is 0.271 e. The van der Waals surface area contributed by atoms with Gasteiger partial charge in [0.05, 0.1) is 5.69 Å². The van der Waals surface area contributed by atoms with Crippen LogP contribution in [0.4, 0.5) is 23.0 Å². The molecule has 0 radical (unpaired) electrons.